The Morgan fingerprint density at radius 3 is 2.34 bits per heavy atom. The number of likely N-dealkylation sites (tertiary alicyclic amines) is 1. The highest BCUT2D eigenvalue weighted by Gasteiger charge is 2.25. The zero-order valence-corrected chi connectivity index (χ0v) is 18.4. The second-order valence-corrected chi connectivity index (χ2v) is 9.02. The number of benzene rings is 2. The van der Waals surface area contributed by atoms with E-state index in [0.717, 1.165) is 79.6 Å². The van der Waals surface area contributed by atoms with Gasteiger partial charge in [-0.2, -0.15) is 5.10 Å². The molecule has 1 aromatic heterocycles. The van der Waals surface area contributed by atoms with Crippen LogP contribution in [0.5, 0.6) is 0 Å². The molecule has 164 valence electrons. The van der Waals surface area contributed by atoms with Crippen LogP contribution in [0.1, 0.15) is 47.3 Å². The Hall–Kier alpha value is -3.21. The molecular formula is C27H29N3O2. The maximum Gasteiger partial charge on any atom is 0.267 e. The highest BCUT2D eigenvalue weighted by atomic mass is 16.2. The molecule has 0 bridgehead atoms. The van der Waals surface area contributed by atoms with E-state index in [1.54, 1.807) is 10.7 Å². The van der Waals surface area contributed by atoms with Crippen molar-refractivity contribution in [2.75, 3.05) is 13.1 Å². The molecule has 1 fully saturated rings. The van der Waals surface area contributed by atoms with Gasteiger partial charge in [0.15, 0.2) is 0 Å². The van der Waals surface area contributed by atoms with Crippen LogP contribution in [0, 0.1) is 5.92 Å². The van der Waals surface area contributed by atoms with Crippen LogP contribution >= 0.6 is 0 Å². The van der Waals surface area contributed by atoms with Crippen molar-refractivity contribution in [3.05, 3.63) is 87.8 Å². The molecule has 2 aliphatic rings. The quantitative estimate of drug-likeness (QED) is 0.622. The van der Waals surface area contributed by atoms with E-state index in [4.69, 9.17) is 0 Å². The summed E-state index contributed by atoms with van der Waals surface area (Å²) in [5.41, 5.74) is 5.25. The smallest absolute Gasteiger partial charge is 0.267 e. The molecule has 0 atom stereocenters. The summed E-state index contributed by atoms with van der Waals surface area (Å²) < 4.78 is 1.66. The molecule has 0 radical (unpaired) electrons. The molecule has 3 aromatic rings. The molecule has 32 heavy (non-hydrogen) atoms. The number of amides is 1. The van der Waals surface area contributed by atoms with Crippen molar-refractivity contribution in [3.63, 3.8) is 0 Å². The first-order valence-electron chi connectivity index (χ1n) is 11.7. The van der Waals surface area contributed by atoms with E-state index in [2.05, 4.69) is 17.2 Å². The monoisotopic (exact) mass is 427 g/mol. The highest BCUT2D eigenvalue weighted by molar-refractivity contribution is 5.94. The number of carbonyl (C=O) groups excluding carboxylic acids is 1. The van der Waals surface area contributed by atoms with Gasteiger partial charge in [0.05, 0.1) is 5.69 Å². The Kier molecular flexibility index (Phi) is 5.89. The Balaban J connectivity index is 1.19. The standard InChI is InChI=1S/C27H29N3O2/c31-26-18-24-8-4-5-9-25(24)28-30(26)19-20-14-16-29(17-15-20)27(32)23-12-10-22(11-13-23)21-6-2-1-3-7-21/h1-3,6-7,10-13,18,20H,4-5,8-9,14-17,19H2. The van der Waals surface area contributed by atoms with Crippen molar-refractivity contribution < 1.29 is 4.79 Å². The summed E-state index contributed by atoms with van der Waals surface area (Å²) in [7, 11) is 0. The third-order valence-electron chi connectivity index (χ3n) is 6.85. The fourth-order valence-corrected chi connectivity index (χ4v) is 4.91. The van der Waals surface area contributed by atoms with Crippen molar-refractivity contribution in [3.8, 4) is 11.1 Å². The summed E-state index contributed by atoms with van der Waals surface area (Å²) in [4.78, 5) is 27.4. The van der Waals surface area contributed by atoms with Crippen molar-refractivity contribution in [1.29, 1.82) is 0 Å². The van der Waals surface area contributed by atoms with Crippen LogP contribution in [0.15, 0.2) is 65.5 Å². The normalized spacial score (nSPS) is 16.6. The molecule has 1 aliphatic heterocycles. The predicted molar refractivity (Wildman–Crippen MR) is 126 cm³/mol. The third-order valence-corrected chi connectivity index (χ3v) is 6.85. The van der Waals surface area contributed by atoms with Gasteiger partial charge in [-0.1, -0.05) is 42.5 Å². The van der Waals surface area contributed by atoms with Crippen molar-refractivity contribution in [1.82, 2.24) is 14.7 Å². The molecule has 1 saturated heterocycles. The van der Waals surface area contributed by atoms with E-state index in [-0.39, 0.29) is 11.5 Å². The summed E-state index contributed by atoms with van der Waals surface area (Å²) >= 11 is 0. The minimum Gasteiger partial charge on any atom is -0.339 e. The number of hydrogen-bond acceptors (Lipinski definition) is 3. The van der Waals surface area contributed by atoms with Gasteiger partial charge in [0.1, 0.15) is 0 Å². The predicted octanol–water partition coefficient (Wildman–Crippen LogP) is 4.34. The lowest BCUT2D eigenvalue weighted by molar-refractivity contribution is 0.0680. The van der Waals surface area contributed by atoms with Gasteiger partial charge in [0.25, 0.3) is 11.5 Å². The van der Waals surface area contributed by atoms with Gasteiger partial charge in [0.2, 0.25) is 0 Å². The van der Waals surface area contributed by atoms with Gasteiger partial charge in [-0.25, -0.2) is 4.68 Å². The minimum atomic E-state index is 0.0164. The van der Waals surface area contributed by atoms with Crippen LogP contribution in [0.4, 0.5) is 0 Å². The van der Waals surface area contributed by atoms with Gasteiger partial charge in [0, 0.05) is 31.3 Å². The minimum absolute atomic E-state index is 0.0164. The van der Waals surface area contributed by atoms with E-state index in [9.17, 15) is 9.59 Å². The average molecular weight is 428 g/mol. The molecule has 5 rings (SSSR count). The van der Waals surface area contributed by atoms with E-state index in [1.807, 2.05) is 47.4 Å². The second-order valence-electron chi connectivity index (χ2n) is 9.02. The molecule has 0 spiro atoms. The van der Waals surface area contributed by atoms with E-state index in [0.29, 0.717) is 12.5 Å². The first-order chi connectivity index (χ1) is 15.7. The first-order valence-corrected chi connectivity index (χ1v) is 11.7. The Morgan fingerprint density at radius 2 is 1.59 bits per heavy atom. The fraction of sp³-hybridized carbons (Fsp3) is 0.370. The van der Waals surface area contributed by atoms with Crippen LogP contribution in [-0.4, -0.2) is 33.7 Å². The first kappa shape index (κ1) is 20.7. The Morgan fingerprint density at radius 1 is 0.906 bits per heavy atom. The number of hydrogen-bond donors (Lipinski definition) is 0. The number of nitrogens with zero attached hydrogens (tertiary/aromatic N) is 3. The van der Waals surface area contributed by atoms with Gasteiger partial charge >= 0.3 is 0 Å². The van der Waals surface area contributed by atoms with Gasteiger partial charge in [-0.3, -0.25) is 9.59 Å². The van der Waals surface area contributed by atoms with Gasteiger partial charge < -0.3 is 4.90 Å². The lowest BCUT2D eigenvalue weighted by Gasteiger charge is -2.32. The number of aromatic nitrogens is 2. The molecular weight excluding hydrogens is 398 g/mol. The lowest BCUT2D eigenvalue weighted by Crippen LogP contribution is -2.40. The van der Waals surface area contributed by atoms with Crippen molar-refractivity contribution >= 4 is 5.91 Å². The Labute approximate surface area is 188 Å². The van der Waals surface area contributed by atoms with Crippen LogP contribution < -0.4 is 5.56 Å². The summed E-state index contributed by atoms with van der Waals surface area (Å²) in [6.07, 6.45) is 6.07. The topological polar surface area (TPSA) is 55.2 Å². The number of rotatable bonds is 4. The maximum absolute atomic E-state index is 13.0. The summed E-state index contributed by atoms with van der Waals surface area (Å²) in [5.74, 6) is 0.471. The van der Waals surface area contributed by atoms with Crippen LogP contribution in [0.2, 0.25) is 0 Å². The molecule has 0 unspecified atom stereocenters. The number of piperidine rings is 1. The SMILES string of the molecule is O=C(c1ccc(-c2ccccc2)cc1)N1CCC(Cn2nc3c(cc2=O)CCCC3)CC1. The Bertz CT molecular complexity index is 1140. The van der Waals surface area contributed by atoms with Crippen molar-refractivity contribution in [2.24, 2.45) is 5.92 Å². The molecule has 1 amide bonds. The number of fused-ring (bicyclic) bond motifs is 1. The summed E-state index contributed by atoms with van der Waals surface area (Å²) in [6.45, 7) is 2.10. The van der Waals surface area contributed by atoms with Crippen LogP contribution in [0.3, 0.4) is 0 Å². The van der Waals surface area contributed by atoms with Crippen molar-refractivity contribution in [2.45, 2.75) is 45.1 Å². The number of aryl methyl sites for hydroxylation is 2. The van der Waals surface area contributed by atoms with E-state index < -0.39 is 0 Å². The van der Waals surface area contributed by atoms with Gasteiger partial charge in [-0.05, 0) is 73.3 Å². The molecule has 0 N–H and O–H groups in total. The van der Waals surface area contributed by atoms with Gasteiger partial charge in [-0.15, -0.1) is 0 Å². The van der Waals surface area contributed by atoms with E-state index in [1.165, 1.54) is 0 Å². The molecule has 1 aliphatic carbocycles. The second kappa shape index (κ2) is 9.11. The molecule has 5 heteroatoms. The number of carbonyl (C=O) groups is 1. The molecule has 2 heterocycles. The third kappa shape index (κ3) is 4.38. The zero-order chi connectivity index (χ0) is 21.9. The average Bonchev–Trinajstić information content (AvgIpc) is 2.85. The molecule has 0 saturated carbocycles. The molecule has 2 aromatic carbocycles. The zero-order valence-electron chi connectivity index (χ0n) is 18.4. The largest absolute Gasteiger partial charge is 0.339 e. The van der Waals surface area contributed by atoms with E-state index >= 15 is 0 Å². The maximum atomic E-state index is 13.0. The lowest BCUT2D eigenvalue weighted by atomic mass is 9.95. The summed E-state index contributed by atoms with van der Waals surface area (Å²) in [5, 5.41) is 4.67. The van der Waals surface area contributed by atoms with Crippen LogP contribution in [0.25, 0.3) is 11.1 Å². The fourth-order valence-electron chi connectivity index (χ4n) is 4.91. The van der Waals surface area contributed by atoms with Crippen LogP contribution in [-0.2, 0) is 19.4 Å². The summed E-state index contributed by atoms with van der Waals surface area (Å²) in [6, 6.07) is 19.9. The highest BCUT2D eigenvalue weighted by Crippen LogP contribution is 2.23. The molecule has 5 nitrogen and oxygen atoms in total.